The molecule has 0 aliphatic carbocycles. The number of allylic oxidation sites excluding steroid dienone is 1. The Morgan fingerprint density at radius 1 is 1.08 bits per heavy atom. The number of hydrogen-bond acceptors (Lipinski definition) is 7. The van der Waals surface area contributed by atoms with Gasteiger partial charge in [-0.25, -0.2) is 9.79 Å². The Morgan fingerprint density at radius 3 is 2.42 bits per heavy atom. The zero-order valence-electron chi connectivity index (χ0n) is 21.2. The first kappa shape index (κ1) is 25.6. The molecule has 0 fully saturated rings. The van der Waals surface area contributed by atoms with E-state index in [0.29, 0.717) is 17.8 Å². The number of aliphatic imine (C=N–C) groups is 1. The minimum Gasteiger partial charge on any atom is -0.497 e. The number of hydrogen-bond donors (Lipinski definition) is 1. The largest absolute Gasteiger partial charge is 0.497 e. The normalized spacial score (nSPS) is 17.2. The molecule has 4 rings (SSSR count). The Kier molecular flexibility index (Phi) is 7.54. The van der Waals surface area contributed by atoms with Gasteiger partial charge in [-0.15, -0.1) is 0 Å². The van der Waals surface area contributed by atoms with E-state index in [9.17, 15) is 9.59 Å². The van der Waals surface area contributed by atoms with Gasteiger partial charge < -0.3 is 19.7 Å². The lowest BCUT2D eigenvalue weighted by Gasteiger charge is -2.37. The topological polar surface area (TPSA) is 80.2 Å². The third-order valence-electron chi connectivity index (χ3n) is 5.73. The molecule has 0 bridgehead atoms. The van der Waals surface area contributed by atoms with E-state index < -0.39 is 17.6 Å². The summed E-state index contributed by atoms with van der Waals surface area (Å²) in [5.41, 5.74) is 3.08. The van der Waals surface area contributed by atoms with Crippen molar-refractivity contribution >= 4 is 28.8 Å². The van der Waals surface area contributed by atoms with Crippen molar-refractivity contribution in [1.29, 1.82) is 0 Å². The number of carbonyl (C=O) groups excluding carboxylic acids is 2. The number of amides is 1. The second-order valence-corrected chi connectivity index (χ2v) is 10.4. The van der Waals surface area contributed by atoms with Gasteiger partial charge in [0, 0.05) is 12.2 Å². The zero-order chi connectivity index (χ0) is 25.9. The minimum atomic E-state index is -0.658. The number of carbonyl (C=O) groups is 2. The van der Waals surface area contributed by atoms with Crippen molar-refractivity contribution in [2.45, 2.75) is 52.3 Å². The smallest absolute Gasteiger partial charge is 0.338 e. The predicted octanol–water partition coefficient (Wildman–Crippen LogP) is 5.32. The number of nitrogens with one attached hydrogen (secondary N) is 1. The third kappa shape index (κ3) is 5.82. The summed E-state index contributed by atoms with van der Waals surface area (Å²) in [7, 11) is 1.61. The molecule has 1 amide bonds. The third-order valence-corrected chi connectivity index (χ3v) is 6.61. The first-order valence-electron chi connectivity index (χ1n) is 11.8. The summed E-state index contributed by atoms with van der Waals surface area (Å²) in [4.78, 5) is 33.0. The van der Waals surface area contributed by atoms with Gasteiger partial charge in [0.15, 0.2) is 5.17 Å². The van der Waals surface area contributed by atoms with E-state index in [1.807, 2.05) is 92.6 Å². The van der Waals surface area contributed by atoms with Crippen molar-refractivity contribution in [1.82, 2.24) is 10.2 Å². The van der Waals surface area contributed by atoms with Crippen LogP contribution in [-0.4, -0.2) is 34.7 Å². The molecule has 1 atom stereocenters. The van der Waals surface area contributed by atoms with Crippen LogP contribution in [0.3, 0.4) is 0 Å². The number of nitrogens with zero attached hydrogens (tertiary/aromatic N) is 2. The van der Waals surface area contributed by atoms with Crippen molar-refractivity contribution < 1.29 is 19.1 Å². The van der Waals surface area contributed by atoms with E-state index in [2.05, 4.69) is 5.32 Å². The van der Waals surface area contributed by atoms with Crippen LogP contribution in [0.4, 0.5) is 0 Å². The quantitative estimate of drug-likeness (QED) is 0.513. The number of rotatable bonds is 7. The molecule has 2 aromatic carbocycles. The van der Waals surface area contributed by atoms with Crippen LogP contribution in [0.25, 0.3) is 0 Å². The SMILES string of the molecule is COc1ccc([C@H]2C(C(=O)OC(C)(C)C)=C(C)N=C3SC=C(CC(=O)NCc4ccccc4)N32)cc1. The second kappa shape index (κ2) is 10.6. The number of benzene rings is 2. The van der Waals surface area contributed by atoms with E-state index in [4.69, 9.17) is 14.5 Å². The van der Waals surface area contributed by atoms with Gasteiger partial charge in [0.25, 0.3) is 0 Å². The van der Waals surface area contributed by atoms with Crippen molar-refractivity contribution in [3.8, 4) is 5.75 Å². The summed E-state index contributed by atoms with van der Waals surface area (Å²) >= 11 is 1.45. The molecule has 2 heterocycles. The van der Waals surface area contributed by atoms with Gasteiger partial charge in [-0.05, 0) is 56.4 Å². The summed E-state index contributed by atoms with van der Waals surface area (Å²) in [6.45, 7) is 7.80. The zero-order valence-corrected chi connectivity index (χ0v) is 22.0. The van der Waals surface area contributed by atoms with Crippen LogP contribution >= 0.6 is 11.8 Å². The standard InChI is InChI=1S/C28H31N3O4S/c1-18-24(26(33)35-28(2,3)4)25(20-11-13-22(34-5)14-12-20)31-21(17-36-27(31)30-18)15-23(32)29-16-19-9-7-6-8-10-19/h6-14,17,25H,15-16H2,1-5H3,(H,29,32)/t25-/m0/s1. The van der Waals surface area contributed by atoms with Crippen molar-refractivity contribution in [3.05, 3.63) is 88.1 Å². The summed E-state index contributed by atoms with van der Waals surface area (Å²) in [6, 6.07) is 16.9. The average Bonchev–Trinajstić information content (AvgIpc) is 3.23. The summed E-state index contributed by atoms with van der Waals surface area (Å²) in [6.07, 6.45) is 0.159. The molecule has 2 aliphatic rings. The average molecular weight is 506 g/mol. The molecule has 2 aliphatic heterocycles. The maximum atomic E-state index is 13.4. The number of esters is 1. The van der Waals surface area contributed by atoms with Crippen LogP contribution in [0.5, 0.6) is 5.75 Å². The highest BCUT2D eigenvalue weighted by Gasteiger charge is 2.41. The molecule has 188 valence electrons. The highest BCUT2D eigenvalue weighted by Crippen LogP contribution is 2.45. The van der Waals surface area contributed by atoms with Crippen LogP contribution in [0.2, 0.25) is 0 Å². The molecule has 0 spiro atoms. The maximum Gasteiger partial charge on any atom is 0.338 e. The molecule has 0 unspecified atom stereocenters. The Labute approximate surface area is 216 Å². The van der Waals surface area contributed by atoms with Crippen LogP contribution in [0, 0.1) is 0 Å². The van der Waals surface area contributed by atoms with E-state index in [0.717, 1.165) is 27.7 Å². The molecule has 0 aromatic heterocycles. The number of methoxy groups -OCH3 is 1. The van der Waals surface area contributed by atoms with Crippen molar-refractivity contribution in [2.24, 2.45) is 4.99 Å². The molecule has 8 heteroatoms. The number of thioether (sulfide) groups is 1. The molecule has 2 aromatic rings. The lowest BCUT2D eigenvalue weighted by molar-refractivity contribution is -0.150. The molecule has 1 N–H and O–H groups in total. The minimum absolute atomic E-state index is 0.106. The fourth-order valence-electron chi connectivity index (χ4n) is 4.09. The summed E-state index contributed by atoms with van der Waals surface area (Å²) in [5, 5.41) is 5.65. The highest BCUT2D eigenvalue weighted by atomic mass is 32.2. The highest BCUT2D eigenvalue weighted by molar-refractivity contribution is 8.16. The lowest BCUT2D eigenvalue weighted by Crippen LogP contribution is -2.39. The van der Waals surface area contributed by atoms with Gasteiger partial charge in [0.05, 0.1) is 30.8 Å². The van der Waals surface area contributed by atoms with Gasteiger partial charge in [0.2, 0.25) is 5.91 Å². The van der Waals surface area contributed by atoms with E-state index in [1.165, 1.54) is 11.8 Å². The van der Waals surface area contributed by atoms with E-state index >= 15 is 0 Å². The lowest BCUT2D eigenvalue weighted by atomic mass is 9.93. The van der Waals surface area contributed by atoms with Crippen molar-refractivity contribution in [3.63, 3.8) is 0 Å². The van der Waals surface area contributed by atoms with Gasteiger partial charge in [0.1, 0.15) is 11.4 Å². The first-order chi connectivity index (χ1) is 17.2. The van der Waals surface area contributed by atoms with Crippen molar-refractivity contribution in [2.75, 3.05) is 7.11 Å². The van der Waals surface area contributed by atoms with Crippen LogP contribution in [-0.2, 0) is 20.9 Å². The maximum absolute atomic E-state index is 13.4. The Hall–Kier alpha value is -3.52. The summed E-state index contributed by atoms with van der Waals surface area (Å²) < 4.78 is 11.1. The predicted molar refractivity (Wildman–Crippen MR) is 142 cm³/mol. The number of amidine groups is 1. The molecule has 7 nitrogen and oxygen atoms in total. The monoisotopic (exact) mass is 505 g/mol. The molecule has 0 saturated carbocycles. The second-order valence-electron chi connectivity index (χ2n) is 9.61. The van der Waals surface area contributed by atoms with Gasteiger partial charge in [-0.3, -0.25) is 4.79 Å². The van der Waals surface area contributed by atoms with E-state index in [1.54, 1.807) is 7.11 Å². The van der Waals surface area contributed by atoms with E-state index in [-0.39, 0.29) is 12.3 Å². The fourth-order valence-corrected chi connectivity index (χ4v) is 5.05. The number of fused-ring (bicyclic) bond motifs is 1. The van der Waals surface area contributed by atoms with Crippen LogP contribution in [0.15, 0.2) is 82.0 Å². The first-order valence-corrected chi connectivity index (χ1v) is 12.7. The molecule has 36 heavy (non-hydrogen) atoms. The van der Waals surface area contributed by atoms with Gasteiger partial charge in [-0.1, -0.05) is 54.2 Å². The fraction of sp³-hybridized carbons (Fsp3) is 0.321. The van der Waals surface area contributed by atoms with Gasteiger partial charge >= 0.3 is 5.97 Å². The Morgan fingerprint density at radius 2 is 1.78 bits per heavy atom. The Balaban J connectivity index is 1.63. The Bertz CT molecular complexity index is 1230. The molecule has 0 saturated heterocycles. The van der Waals surface area contributed by atoms with Crippen LogP contribution in [0.1, 0.15) is 51.3 Å². The van der Waals surface area contributed by atoms with Gasteiger partial charge in [-0.2, -0.15) is 0 Å². The molecular weight excluding hydrogens is 474 g/mol. The number of ether oxygens (including phenoxy) is 2. The molecular formula is C28H31N3O4S. The van der Waals surface area contributed by atoms with Crippen LogP contribution < -0.4 is 10.1 Å². The molecule has 0 radical (unpaired) electrons. The summed E-state index contributed by atoms with van der Waals surface area (Å²) in [5.74, 6) is 0.189.